The highest BCUT2D eigenvalue weighted by Crippen LogP contribution is 2.39. The molecule has 1 atom stereocenters. The Balaban J connectivity index is 1.70. The molecule has 0 bridgehead atoms. The topological polar surface area (TPSA) is 77.2 Å². The van der Waals surface area contributed by atoms with Crippen LogP contribution in [0.25, 0.3) is 10.6 Å². The van der Waals surface area contributed by atoms with Gasteiger partial charge in [-0.15, -0.1) is 11.3 Å². The first-order chi connectivity index (χ1) is 11.9. The number of nitrogens with two attached hydrogens (primary N) is 1. The Morgan fingerprint density at radius 2 is 2.08 bits per heavy atom. The Bertz CT molecular complexity index is 737. The number of nitrogens with one attached hydrogen (secondary N) is 1. The van der Waals surface area contributed by atoms with Crippen molar-refractivity contribution in [1.82, 2.24) is 10.3 Å². The molecule has 3 rings (SSSR count). The molecule has 0 spiro atoms. The second kappa shape index (κ2) is 7.14. The van der Waals surface area contributed by atoms with Crippen molar-refractivity contribution in [3.63, 3.8) is 0 Å². The largest absolute Gasteiger partial charge is 0.491 e. The standard InChI is InChI=1S/C19H25N3O2S/c1-12(2)24-15-8-4-13(5-9-15)18-21-16(10-25-18)17(23)22-19(3,11-20)14-6-7-14/h4-5,8-10,12,14H,6-7,11,20H2,1-3H3,(H,22,23). The number of hydrogen-bond donors (Lipinski definition) is 2. The quantitative estimate of drug-likeness (QED) is 0.794. The van der Waals surface area contributed by atoms with E-state index in [1.54, 1.807) is 5.38 Å². The third-order valence-electron chi connectivity index (χ3n) is 4.51. The van der Waals surface area contributed by atoms with E-state index in [4.69, 9.17) is 10.5 Å². The van der Waals surface area contributed by atoms with Gasteiger partial charge in [0.15, 0.2) is 0 Å². The molecule has 6 heteroatoms. The van der Waals surface area contributed by atoms with Gasteiger partial charge in [0.1, 0.15) is 16.5 Å². The molecule has 1 aliphatic carbocycles. The summed E-state index contributed by atoms with van der Waals surface area (Å²) in [7, 11) is 0. The summed E-state index contributed by atoms with van der Waals surface area (Å²) in [5, 5.41) is 5.70. The molecule has 1 aliphatic rings. The summed E-state index contributed by atoms with van der Waals surface area (Å²) in [6, 6.07) is 7.78. The number of benzene rings is 1. The van der Waals surface area contributed by atoms with E-state index in [2.05, 4.69) is 10.3 Å². The Morgan fingerprint density at radius 1 is 1.40 bits per heavy atom. The average Bonchev–Trinajstić information content (AvgIpc) is 3.33. The van der Waals surface area contributed by atoms with Crippen LogP contribution in [0.4, 0.5) is 0 Å². The lowest BCUT2D eigenvalue weighted by Gasteiger charge is -2.29. The first-order valence-corrected chi connectivity index (χ1v) is 9.54. The van der Waals surface area contributed by atoms with Crippen LogP contribution in [0.2, 0.25) is 0 Å². The predicted molar refractivity (Wildman–Crippen MR) is 101 cm³/mol. The van der Waals surface area contributed by atoms with E-state index in [1.807, 2.05) is 45.0 Å². The number of nitrogens with zero attached hydrogens (tertiary/aromatic N) is 1. The molecule has 0 saturated heterocycles. The van der Waals surface area contributed by atoms with Crippen molar-refractivity contribution in [3.05, 3.63) is 35.3 Å². The molecule has 5 nitrogen and oxygen atoms in total. The highest BCUT2D eigenvalue weighted by atomic mass is 32.1. The Labute approximate surface area is 152 Å². The van der Waals surface area contributed by atoms with Crippen LogP contribution in [-0.2, 0) is 0 Å². The van der Waals surface area contributed by atoms with Crippen LogP contribution in [0.5, 0.6) is 5.75 Å². The molecule has 1 amide bonds. The SMILES string of the molecule is CC(C)Oc1ccc(-c2nc(C(=O)NC(C)(CN)C3CC3)cs2)cc1. The number of carbonyl (C=O) groups is 1. The van der Waals surface area contributed by atoms with Crippen LogP contribution in [0.15, 0.2) is 29.6 Å². The van der Waals surface area contributed by atoms with E-state index in [1.165, 1.54) is 11.3 Å². The number of hydrogen-bond acceptors (Lipinski definition) is 5. The molecule has 2 aromatic rings. The van der Waals surface area contributed by atoms with Gasteiger partial charge in [0.05, 0.1) is 11.6 Å². The van der Waals surface area contributed by atoms with Gasteiger partial charge in [0, 0.05) is 17.5 Å². The fraction of sp³-hybridized carbons (Fsp3) is 0.474. The van der Waals surface area contributed by atoms with Crippen LogP contribution in [0.3, 0.4) is 0 Å². The molecule has 1 heterocycles. The summed E-state index contributed by atoms with van der Waals surface area (Å²) in [5.74, 6) is 1.16. The third-order valence-corrected chi connectivity index (χ3v) is 5.40. The minimum absolute atomic E-state index is 0.143. The highest BCUT2D eigenvalue weighted by Gasteiger charge is 2.41. The number of aromatic nitrogens is 1. The van der Waals surface area contributed by atoms with Crippen molar-refractivity contribution in [2.45, 2.75) is 45.3 Å². The number of thiazole rings is 1. The molecule has 0 radical (unpaired) electrons. The molecule has 1 aromatic carbocycles. The van der Waals surface area contributed by atoms with Crippen LogP contribution < -0.4 is 15.8 Å². The number of amides is 1. The molecule has 3 N–H and O–H groups in total. The van der Waals surface area contributed by atoms with Gasteiger partial charge in [0.25, 0.3) is 5.91 Å². The first kappa shape index (κ1) is 17.9. The molecule has 1 unspecified atom stereocenters. The van der Waals surface area contributed by atoms with E-state index in [0.29, 0.717) is 18.2 Å². The van der Waals surface area contributed by atoms with Crippen LogP contribution in [0.1, 0.15) is 44.1 Å². The van der Waals surface area contributed by atoms with Crippen molar-refractivity contribution < 1.29 is 9.53 Å². The molecule has 1 saturated carbocycles. The number of rotatable bonds is 7. The van der Waals surface area contributed by atoms with Gasteiger partial charge in [-0.25, -0.2) is 4.98 Å². The summed E-state index contributed by atoms with van der Waals surface area (Å²) < 4.78 is 5.65. The second-order valence-corrected chi connectivity index (χ2v) is 7.94. The van der Waals surface area contributed by atoms with Crippen LogP contribution in [0, 0.1) is 5.92 Å². The fourth-order valence-electron chi connectivity index (χ4n) is 2.82. The maximum absolute atomic E-state index is 12.5. The monoisotopic (exact) mass is 359 g/mol. The lowest BCUT2D eigenvalue weighted by Crippen LogP contribution is -2.53. The zero-order valence-electron chi connectivity index (χ0n) is 14.9. The summed E-state index contributed by atoms with van der Waals surface area (Å²) in [6.07, 6.45) is 2.40. The Hall–Kier alpha value is -1.92. The minimum atomic E-state index is -0.337. The van der Waals surface area contributed by atoms with Gasteiger partial charge in [-0.2, -0.15) is 0 Å². The molecule has 0 aliphatic heterocycles. The first-order valence-electron chi connectivity index (χ1n) is 8.66. The second-order valence-electron chi connectivity index (χ2n) is 7.08. The Morgan fingerprint density at radius 3 is 2.64 bits per heavy atom. The summed E-state index contributed by atoms with van der Waals surface area (Å²) >= 11 is 1.46. The zero-order valence-corrected chi connectivity index (χ0v) is 15.7. The maximum atomic E-state index is 12.5. The Kier molecular flexibility index (Phi) is 5.11. The minimum Gasteiger partial charge on any atom is -0.491 e. The van der Waals surface area contributed by atoms with E-state index >= 15 is 0 Å². The van der Waals surface area contributed by atoms with Gasteiger partial charge in [-0.3, -0.25) is 4.79 Å². The van der Waals surface area contributed by atoms with E-state index in [0.717, 1.165) is 29.2 Å². The molecule has 1 aromatic heterocycles. The van der Waals surface area contributed by atoms with Crippen molar-refractivity contribution in [2.24, 2.45) is 11.7 Å². The van der Waals surface area contributed by atoms with E-state index in [-0.39, 0.29) is 17.6 Å². The lowest BCUT2D eigenvalue weighted by atomic mass is 9.96. The number of carbonyl (C=O) groups excluding carboxylic acids is 1. The van der Waals surface area contributed by atoms with Crippen molar-refractivity contribution in [1.29, 1.82) is 0 Å². The van der Waals surface area contributed by atoms with Gasteiger partial charge in [-0.1, -0.05) is 0 Å². The summed E-state index contributed by atoms with van der Waals surface area (Å²) in [6.45, 7) is 6.45. The maximum Gasteiger partial charge on any atom is 0.271 e. The van der Waals surface area contributed by atoms with Crippen molar-refractivity contribution >= 4 is 17.2 Å². The molecule has 1 fully saturated rings. The van der Waals surface area contributed by atoms with Crippen LogP contribution in [-0.4, -0.2) is 29.1 Å². The highest BCUT2D eigenvalue weighted by molar-refractivity contribution is 7.13. The predicted octanol–water partition coefficient (Wildman–Crippen LogP) is 3.45. The average molecular weight is 359 g/mol. The van der Waals surface area contributed by atoms with Gasteiger partial charge < -0.3 is 15.8 Å². The third kappa shape index (κ3) is 4.19. The van der Waals surface area contributed by atoms with Gasteiger partial charge in [0.2, 0.25) is 0 Å². The smallest absolute Gasteiger partial charge is 0.271 e. The van der Waals surface area contributed by atoms with Crippen molar-refractivity contribution in [2.75, 3.05) is 6.54 Å². The molecule has 25 heavy (non-hydrogen) atoms. The molecular weight excluding hydrogens is 334 g/mol. The lowest BCUT2D eigenvalue weighted by molar-refractivity contribution is 0.0893. The van der Waals surface area contributed by atoms with Crippen molar-refractivity contribution in [3.8, 4) is 16.3 Å². The normalized spacial score (nSPS) is 16.5. The van der Waals surface area contributed by atoms with E-state index < -0.39 is 0 Å². The molecular formula is C19H25N3O2S. The summed E-state index contributed by atoms with van der Waals surface area (Å²) in [5.41, 5.74) is 6.96. The van der Waals surface area contributed by atoms with Gasteiger partial charge >= 0.3 is 0 Å². The zero-order chi connectivity index (χ0) is 18.0. The van der Waals surface area contributed by atoms with Gasteiger partial charge in [-0.05, 0) is 63.8 Å². The van der Waals surface area contributed by atoms with E-state index in [9.17, 15) is 4.79 Å². The molecule has 134 valence electrons. The summed E-state index contributed by atoms with van der Waals surface area (Å²) in [4.78, 5) is 17.0. The fourth-order valence-corrected chi connectivity index (χ4v) is 3.63. The number of ether oxygens (including phenoxy) is 1. The van der Waals surface area contributed by atoms with Crippen LogP contribution >= 0.6 is 11.3 Å².